The van der Waals surface area contributed by atoms with Gasteiger partial charge in [-0.05, 0) is 6.42 Å². The number of carbonyl (C=O) groups excluding carboxylic acids is 3. The van der Waals surface area contributed by atoms with Crippen LogP contribution < -0.4 is 0 Å². The molecule has 0 saturated carbocycles. The lowest BCUT2D eigenvalue weighted by Gasteiger charge is -2.31. The second-order valence-electron chi connectivity index (χ2n) is 11.6. The van der Waals surface area contributed by atoms with E-state index >= 15 is 0 Å². The number of hydrogen-bond donors (Lipinski definition) is 0. The molecule has 0 heterocycles. The predicted octanol–water partition coefficient (Wildman–Crippen LogP) is 0.967. The van der Waals surface area contributed by atoms with Gasteiger partial charge in [0.2, 0.25) is 0 Å². The van der Waals surface area contributed by atoms with Gasteiger partial charge < -0.3 is 42.6 Å². The van der Waals surface area contributed by atoms with Crippen molar-refractivity contribution in [1.29, 1.82) is 0 Å². The molecule has 0 fully saturated rings. The summed E-state index contributed by atoms with van der Waals surface area (Å²) in [6.07, 6.45) is 0.912. The molecule has 0 radical (unpaired) electrons. The maximum Gasteiger partial charge on any atom is 0.307 e. The zero-order valence-electron chi connectivity index (χ0n) is 30.8. The van der Waals surface area contributed by atoms with Crippen LogP contribution >= 0.6 is 0 Å². The third-order valence-corrected chi connectivity index (χ3v) is 7.93. The van der Waals surface area contributed by atoms with E-state index in [1.807, 2.05) is 6.92 Å². The van der Waals surface area contributed by atoms with E-state index in [0.29, 0.717) is 105 Å². The van der Waals surface area contributed by atoms with Crippen LogP contribution in [0, 0.1) is 5.41 Å². The summed E-state index contributed by atoms with van der Waals surface area (Å²) in [7, 11) is 9.78. The summed E-state index contributed by atoms with van der Waals surface area (Å²) >= 11 is 0. The molecule has 0 amide bonds. The van der Waals surface area contributed by atoms with Crippen molar-refractivity contribution in [2.24, 2.45) is 5.41 Å². The SMILES string of the molecule is CCC(COC(=O)CCN(CCOC)CCOC)(COC(=O)CCN(CCOC)CCOC)COC(=O)CCN(CCOC)CCOC. The first-order valence-corrected chi connectivity index (χ1v) is 16.8. The number of rotatable bonds is 34. The molecule has 0 aliphatic carbocycles. The molecule has 0 rings (SSSR count). The molecule has 0 spiro atoms. The Kier molecular flexibility index (Phi) is 29.8. The molecule has 0 N–H and O–H groups in total. The zero-order chi connectivity index (χ0) is 35.9. The predicted molar refractivity (Wildman–Crippen MR) is 180 cm³/mol. The zero-order valence-corrected chi connectivity index (χ0v) is 30.8. The van der Waals surface area contributed by atoms with Crippen LogP contribution in [-0.2, 0) is 57.0 Å². The fourth-order valence-electron chi connectivity index (χ4n) is 4.43. The van der Waals surface area contributed by atoms with E-state index in [0.717, 1.165) is 0 Å². The van der Waals surface area contributed by atoms with Crippen molar-refractivity contribution in [3.05, 3.63) is 0 Å². The summed E-state index contributed by atoms with van der Waals surface area (Å²) < 4.78 is 48.2. The van der Waals surface area contributed by atoms with E-state index in [9.17, 15) is 14.4 Å². The number of methoxy groups -OCH3 is 6. The van der Waals surface area contributed by atoms with Gasteiger partial charge >= 0.3 is 17.9 Å². The summed E-state index contributed by atoms with van der Waals surface area (Å²) in [4.78, 5) is 44.8. The Morgan fingerprint density at radius 2 is 0.646 bits per heavy atom. The summed E-state index contributed by atoms with van der Waals surface area (Å²) in [6.45, 7) is 10.2. The maximum atomic E-state index is 12.9. The Balaban J connectivity index is 5.42. The Labute approximate surface area is 288 Å². The summed E-state index contributed by atoms with van der Waals surface area (Å²) in [6, 6.07) is 0. The largest absolute Gasteiger partial charge is 0.465 e. The summed E-state index contributed by atoms with van der Waals surface area (Å²) in [5, 5.41) is 0. The van der Waals surface area contributed by atoms with Crippen molar-refractivity contribution in [3.8, 4) is 0 Å². The molecular formula is C33H65N3O12. The first kappa shape index (κ1) is 46.0. The third kappa shape index (κ3) is 24.2. The molecule has 15 nitrogen and oxygen atoms in total. The van der Waals surface area contributed by atoms with Gasteiger partial charge in [0.25, 0.3) is 0 Å². The highest BCUT2D eigenvalue weighted by Gasteiger charge is 2.34. The molecule has 0 unspecified atom stereocenters. The topological polar surface area (TPSA) is 144 Å². The van der Waals surface area contributed by atoms with Crippen molar-refractivity contribution in [3.63, 3.8) is 0 Å². The minimum atomic E-state index is -0.912. The van der Waals surface area contributed by atoms with Gasteiger partial charge in [0.05, 0.1) is 64.3 Å². The monoisotopic (exact) mass is 695 g/mol. The van der Waals surface area contributed by atoms with E-state index in [-0.39, 0.29) is 39.1 Å². The molecule has 0 saturated heterocycles. The Bertz CT molecular complexity index is 686. The van der Waals surface area contributed by atoms with Gasteiger partial charge in [-0.2, -0.15) is 0 Å². The third-order valence-electron chi connectivity index (χ3n) is 7.93. The average molecular weight is 696 g/mol. The standard InChI is InChI=1S/C33H65N3O12/c1-8-33(27-46-30(37)9-12-34(15-21-40-2)16-22-41-3,28-47-31(38)10-13-35(17-23-42-4)18-24-43-5)29-48-32(39)11-14-36(19-25-44-6)20-26-45-7/h8-29H2,1-7H3. The van der Waals surface area contributed by atoms with Gasteiger partial charge in [0.15, 0.2) is 0 Å². The van der Waals surface area contributed by atoms with Crippen LogP contribution in [0.4, 0.5) is 0 Å². The minimum Gasteiger partial charge on any atom is -0.465 e. The van der Waals surface area contributed by atoms with Crippen molar-refractivity contribution < 1.29 is 57.0 Å². The van der Waals surface area contributed by atoms with E-state index in [4.69, 9.17) is 42.6 Å². The van der Waals surface area contributed by atoms with Gasteiger partial charge in [-0.1, -0.05) is 6.92 Å². The second kappa shape index (κ2) is 31.1. The molecule has 0 aromatic rings. The Hall–Kier alpha value is -1.95. The lowest BCUT2D eigenvalue weighted by molar-refractivity contribution is -0.162. The highest BCUT2D eigenvalue weighted by atomic mass is 16.6. The molecular weight excluding hydrogens is 630 g/mol. The highest BCUT2D eigenvalue weighted by Crippen LogP contribution is 2.25. The lowest BCUT2D eigenvalue weighted by atomic mass is 9.88. The van der Waals surface area contributed by atoms with E-state index in [1.54, 1.807) is 42.7 Å². The van der Waals surface area contributed by atoms with Gasteiger partial charge in [-0.25, -0.2) is 0 Å². The Morgan fingerprint density at radius 1 is 0.417 bits per heavy atom. The number of ether oxygens (including phenoxy) is 9. The summed E-state index contributed by atoms with van der Waals surface area (Å²) in [5.41, 5.74) is -0.912. The molecule has 48 heavy (non-hydrogen) atoms. The van der Waals surface area contributed by atoms with Gasteiger partial charge in [0.1, 0.15) is 19.8 Å². The van der Waals surface area contributed by atoms with E-state index < -0.39 is 23.3 Å². The number of esters is 3. The van der Waals surface area contributed by atoms with Crippen LogP contribution in [0.3, 0.4) is 0 Å². The smallest absolute Gasteiger partial charge is 0.307 e. The van der Waals surface area contributed by atoms with Crippen molar-refractivity contribution in [1.82, 2.24) is 14.7 Å². The Morgan fingerprint density at radius 3 is 0.833 bits per heavy atom. The summed E-state index contributed by atoms with van der Waals surface area (Å²) in [5.74, 6) is -1.20. The van der Waals surface area contributed by atoms with E-state index in [2.05, 4.69) is 14.7 Å². The average Bonchev–Trinajstić information content (AvgIpc) is 3.10. The van der Waals surface area contributed by atoms with E-state index in [1.165, 1.54) is 0 Å². The quantitative estimate of drug-likeness (QED) is 0.0696. The fraction of sp³-hybridized carbons (Fsp3) is 0.909. The van der Waals surface area contributed by atoms with Crippen molar-refractivity contribution in [2.75, 3.05) is 161 Å². The molecule has 0 atom stereocenters. The number of nitrogens with zero attached hydrogens (tertiary/aromatic N) is 3. The normalized spacial score (nSPS) is 11.9. The minimum absolute atomic E-state index is 0.0688. The van der Waals surface area contributed by atoms with Crippen molar-refractivity contribution in [2.45, 2.75) is 32.6 Å². The number of hydrogen-bond acceptors (Lipinski definition) is 15. The number of carbonyl (C=O) groups is 3. The molecule has 0 bridgehead atoms. The highest BCUT2D eigenvalue weighted by molar-refractivity contribution is 5.70. The van der Waals surface area contributed by atoms with Gasteiger partial charge in [-0.3, -0.25) is 29.1 Å². The molecule has 0 aromatic carbocycles. The molecule has 284 valence electrons. The van der Waals surface area contributed by atoms with Crippen LogP contribution in [0.5, 0.6) is 0 Å². The van der Waals surface area contributed by atoms with Gasteiger partial charge in [-0.15, -0.1) is 0 Å². The maximum absolute atomic E-state index is 12.9. The van der Waals surface area contributed by atoms with Crippen molar-refractivity contribution >= 4 is 17.9 Å². The molecule has 15 heteroatoms. The molecule has 0 aliphatic rings. The van der Waals surface area contributed by atoms with Gasteiger partial charge in [0, 0.05) is 102 Å². The molecule has 0 aliphatic heterocycles. The van der Waals surface area contributed by atoms with Crippen LogP contribution in [0.15, 0.2) is 0 Å². The fourth-order valence-corrected chi connectivity index (χ4v) is 4.43. The van der Waals surface area contributed by atoms with Crippen LogP contribution in [0.25, 0.3) is 0 Å². The van der Waals surface area contributed by atoms with Crippen LogP contribution in [-0.4, -0.2) is 194 Å². The lowest BCUT2D eigenvalue weighted by Crippen LogP contribution is -2.40. The van der Waals surface area contributed by atoms with Crippen LogP contribution in [0.1, 0.15) is 32.6 Å². The second-order valence-corrected chi connectivity index (χ2v) is 11.6. The molecule has 0 aromatic heterocycles. The first-order valence-electron chi connectivity index (χ1n) is 16.8. The first-order chi connectivity index (χ1) is 23.2. The van der Waals surface area contributed by atoms with Crippen LogP contribution in [0.2, 0.25) is 0 Å².